The highest BCUT2D eigenvalue weighted by molar-refractivity contribution is 7.20. The van der Waals surface area contributed by atoms with Crippen LogP contribution in [0.2, 0.25) is 5.02 Å². The number of hydrogen-bond donors (Lipinski definition) is 0. The Morgan fingerprint density at radius 2 is 2.25 bits per heavy atom. The number of ether oxygens (including phenoxy) is 1. The lowest BCUT2D eigenvalue weighted by Crippen LogP contribution is -1.95. The zero-order valence-electron chi connectivity index (χ0n) is 9.20. The molecule has 0 amide bonds. The number of para-hydroxylation sites is 1. The molecule has 0 fully saturated rings. The zero-order chi connectivity index (χ0) is 11.4. The van der Waals surface area contributed by atoms with Gasteiger partial charge in [0.1, 0.15) is 5.52 Å². The van der Waals surface area contributed by atoms with Gasteiger partial charge in [0.05, 0.1) is 16.3 Å². The fraction of sp³-hybridized carbons (Fsp3) is 0.417. The second-order valence-corrected chi connectivity index (χ2v) is 5.02. The minimum absolute atomic E-state index is 0.692. The largest absolute Gasteiger partial charge is 0.470 e. The summed E-state index contributed by atoms with van der Waals surface area (Å²) in [6, 6.07) is 5.80. The van der Waals surface area contributed by atoms with E-state index in [-0.39, 0.29) is 0 Å². The summed E-state index contributed by atoms with van der Waals surface area (Å²) in [5.74, 6) is 0. The van der Waals surface area contributed by atoms with Crippen LogP contribution < -0.4 is 4.74 Å². The summed E-state index contributed by atoms with van der Waals surface area (Å²) in [5, 5.41) is 1.41. The van der Waals surface area contributed by atoms with Crippen molar-refractivity contribution in [2.75, 3.05) is 6.61 Å². The third-order valence-electron chi connectivity index (χ3n) is 2.32. The summed E-state index contributed by atoms with van der Waals surface area (Å²) in [4.78, 5) is 4.37. The molecule has 2 rings (SSSR count). The van der Waals surface area contributed by atoms with Crippen molar-refractivity contribution in [3.8, 4) is 5.19 Å². The number of aromatic nitrogens is 1. The Labute approximate surface area is 104 Å². The van der Waals surface area contributed by atoms with E-state index in [4.69, 9.17) is 16.3 Å². The van der Waals surface area contributed by atoms with E-state index in [2.05, 4.69) is 11.9 Å². The number of thiazole rings is 1. The predicted octanol–water partition coefficient (Wildman–Crippen LogP) is 4.52. The quantitative estimate of drug-likeness (QED) is 0.733. The average Bonchev–Trinajstić information content (AvgIpc) is 2.69. The molecule has 16 heavy (non-hydrogen) atoms. The fourth-order valence-corrected chi connectivity index (χ4v) is 2.61. The number of hydrogen-bond acceptors (Lipinski definition) is 3. The molecule has 2 aromatic rings. The molecular formula is C12H14ClNOS. The SMILES string of the molecule is CCCCCOc1nc2c(Cl)cccc2s1. The maximum atomic E-state index is 6.04. The van der Waals surface area contributed by atoms with Crippen molar-refractivity contribution < 1.29 is 4.74 Å². The number of benzene rings is 1. The molecule has 1 heterocycles. The zero-order valence-corrected chi connectivity index (χ0v) is 10.8. The molecule has 0 aliphatic carbocycles. The Morgan fingerprint density at radius 3 is 3.00 bits per heavy atom. The molecular weight excluding hydrogens is 242 g/mol. The minimum Gasteiger partial charge on any atom is -0.470 e. The van der Waals surface area contributed by atoms with Crippen LogP contribution >= 0.6 is 22.9 Å². The van der Waals surface area contributed by atoms with E-state index in [0.29, 0.717) is 5.02 Å². The van der Waals surface area contributed by atoms with E-state index < -0.39 is 0 Å². The highest BCUT2D eigenvalue weighted by atomic mass is 35.5. The van der Waals surface area contributed by atoms with Crippen LogP contribution in [0.15, 0.2) is 18.2 Å². The first-order chi connectivity index (χ1) is 7.81. The number of fused-ring (bicyclic) bond motifs is 1. The van der Waals surface area contributed by atoms with Gasteiger partial charge in [-0.15, -0.1) is 0 Å². The molecule has 0 N–H and O–H groups in total. The fourth-order valence-electron chi connectivity index (χ4n) is 1.47. The molecule has 0 unspecified atom stereocenters. The van der Waals surface area contributed by atoms with Crippen molar-refractivity contribution in [2.24, 2.45) is 0 Å². The van der Waals surface area contributed by atoms with Gasteiger partial charge in [0, 0.05) is 0 Å². The molecule has 1 aromatic heterocycles. The third kappa shape index (κ3) is 2.66. The Hall–Kier alpha value is -0.800. The van der Waals surface area contributed by atoms with Gasteiger partial charge in [-0.2, -0.15) is 0 Å². The maximum Gasteiger partial charge on any atom is 0.274 e. The first kappa shape index (κ1) is 11.7. The van der Waals surface area contributed by atoms with Crippen LogP contribution in [0.25, 0.3) is 10.2 Å². The maximum absolute atomic E-state index is 6.04. The van der Waals surface area contributed by atoms with Gasteiger partial charge < -0.3 is 4.74 Å². The van der Waals surface area contributed by atoms with Gasteiger partial charge in [-0.25, -0.2) is 4.98 Å². The van der Waals surface area contributed by atoms with E-state index in [1.807, 2.05) is 18.2 Å². The molecule has 0 bridgehead atoms. The minimum atomic E-state index is 0.692. The average molecular weight is 256 g/mol. The van der Waals surface area contributed by atoms with Gasteiger partial charge >= 0.3 is 0 Å². The van der Waals surface area contributed by atoms with E-state index in [1.165, 1.54) is 12.8 Å². The van der Waals surface area contributed by atoms with Crippen molar-refractivity contribution in [3.05, 3.63) is 23.2 Å². The van der Waals surface area contributed by atoms with Crippen LogP contribution in [0.5, 0.6) is 5.19 Å². The third-order valence-corrected chi connectivity index (χ3v) is 3.56. The molecule has 4 heteroatoms. The van der Waals surface area contributed by atoms with Crippen molar-refractivity contribution >= 4 is 33.2 Å². The van der Waals surface area contributed by atoms with Crippen molar-refractivity contribution in [3.63, 3.8) is 0 Å². The Balaban J connectivity index is 2.05. The topological polar surface area (TPSA) is 22.1 Å². The number of nitrogens with zero attached hydrogens (tertiary/aromatic N) is 1. The van der Waals surface area contributed by atoms with E-state index in [0.717, 1.165) is 28.4 Å². The predicted molar refractivity (Wildman–Crippen MR) is 69.7 cm³/mol. The van der Waals surface area contributed by atoms with Gasteiger partial charge in [-0.1, -0.05) is 48.8 Å². The first-order valence-corrected chi connectivity index (χ1v) is 6.68. The molecule has 1 aromatic carbocycles. The lowest BCUT2D eigenvalue weighted by molar-refractivity contribution is 0.305. The molecule has 0 radical (unpaired) electrons. The molecule has 86 valence electrons. The monoisotopic (exact) mass is 255 g/mol. The highest BCUT2D eigenvalue weighted by Crippen LogP contribution is 2.31. The summed E-state index contributed by atoms with van der Waals surface area (Å²) in [6.07, 6.45) is 3.49. The summed E-state index contributed by atoms with van der Waals surface area (Å²) >= 11 is 7.59. The van der Waals surface area contributed by atoms with E-state index in [1.54, 1.807) is 11.3 Å². The molecule has 0 atom stereocenters. The molecule has 0 aliphatic rings. The highest BCUT2D eigenvalue weighted by Gasteiger charge is 2.07. The van der Waals surface area contributed by atoms with Gasteiger partial charge in [-0.05, 0) is 18.6 Å². The Kier molecular flexibility index (Phi) is 4.02. The van der Waals surface area contributed by atoms with E-state index in [9.17, 15) is 0 Å². The van der Waals surface area contributed by atoms with Crippen molar-refractivity contribution in [2.45, 2.75) is 26.2 Å². The van der Waals surface area contributed by atoms with Gasteiger partial charge in [-0.3, -0.25) is 0 Å². The Morgan fingerprint density at radius 1 is 1.38 bits per heavy atom. The lowest BCUT2D eigenvalue weighted by Gasteiger charge is -1.99. The normalized spacial score (nSPS) is 10.9. The number of rotatable bonds is 5. The molecule has 0 aliphatic heterocycles. The standard InChI is InChI=1S/C12H14ClNOS/c1-2-3-4-8-15-12-14-11-9(13)6-5-7-10(11)16-12/h5-7H,2-4,8H2,1H3. The summed E-state index contributed by atoms with van der Waals surface area (Å²) in [7, 11) is 0. The molecule has 2 nitrogen and oxygen atoms in total. The van der Waals surface area contributed by atoms with Gasteiger partial charge in [0.2, 0.25) is 0 Å². The van der Waals surface area contributed by atoms with Crippen LogP contribution in [-0.2, 0) is 0 Å². The summed E-state index contributed by atoms with van der Waals surface area (Å²) < 4.78 is 6.68. The lowest BCUT2D eigenvalue weighted by atomic mass is 10.3. The smallest absolute Gasteiger partial charge is 0.274 e. The summed E-state index contributed by atoms with van der Waals surface area (Å²) in [6.45, 7) is 2.92. The van der Waals surface area contributed by atoms with Crippen molar-refractivity contribution in [1.29, 1.82) is 0 Å². The van der Waals surface area contributed by atoms with Crippen LogP contribution in [0.3, 0.4) is 0 Å². The molecule has 0 saturated carbocycles. The van der Waals surface area contributed by atoms with E-state index >= 15 is 0 Å². The summed E-state index contributed by atoms with van der Waals surface area (Å²) in [5.41, 5.74) is 0.847. The number of unbranched alkanes of at least 4 members (excludes halogenated alkanes) is 2. The second-order valence-electron chi connectivity index (χ2n) is 3.62. The van der Waals surface area contributed by atoms with Gasteiger partial charge in [0.15, 0.2) is 0 Å². The Bertz CT molecular complexity index is 469. The second kappa shape index (κ2) is 5.51. The van der Waals surface area contributed by atoms with Crippen LogP contribution in [0, 0.1) is 0 Å². The first-order valence-electron chi connectivity index (χ1n) is 5.49. The van der Waals surface area contributed by atoms with Crippen LogP contribution in [0.1, 0.15) is 26.2 Å². The van der Waals surface area contributed by atoms with Gasteiger partial charge in [0.25, 0.3) is 5.19 Å². The number of halogens is 1. The van der Waals surface area contributed by atoms with Crippen LogP contribution in [0.4, 0.5) is 0 Å². The molecule has 0 spiro atoms. The molecule has 0 saturated heterocycles. The van der Waals surface area contributed by atoms with Crippen LogP contribution in [-0.4, -0.2) is 11.6 Å². The van der Waals surface area contributed by atoms with Crippen molar-refractivity contribution in [1.82, 2.24) is 4.98 Å².